The minimum absolute atomic E-state index is 0.0302. The quantitative estimate of drug-likeness (QED) is 0.773. The molecule has 0 spiro atoms. The van der Waals surface area contributed by atoms with Crippen molar-refractivity contribution in [1.29, 1.82) is 0 Å². The summed E-state index contributed by atoms with van der Waals surface area (Å²) in [5.74, 6) is -0.508. The molecule has 2 rings (SSSR count). The van der Waals surface area contributed by atoms with Crippen LogP contribution in [-0.4, -0.2) is 61.5 Å². The van der Waals surface area contributed by atoms with Gasteiger partial charge in [0.15, 0.2) is 9.84 Å². The fourth-order valence-electron chi connectivity index (χ4n) is 2.69. The molecule has 0 unspecified atom stereocenters. The SMILES string of the molecule is CCCN1CC(=O)N(CCS(=O)(=O)c2ccccc2)[C@H](C)C1=O. The third kappa shape index (κ3) is 3.90. The monoisotopic (exact) mass is 338 g/mol. The maximum Gasteiger partial charge on any atom is 0.245 e. The minimum atomic E-state index is -3.47. The lowest BCUT2D eigenvalue weighted by atomic mass is 10.1. The maximum absolute atomic E-state index is 12.3. The summed E-state index contributed by atoms with van der Waals surface area (Å²) in [6, 6.07) is 7.52. The van der Waals surface area contributed by atoms with Crippen molar-refractivity contribution in [2.45, 2.75) is 31.2 Å². The van der Waals surface area contributed by atoms with Gasteiger partial charge in [-0.1, -0.05) is 25.1 Å². The Morgan fingerprint density at radius 3 is 2.39 bits per heavy atom. The maximum atomic E-state index is 12.3. The van der Waals surface area contributed by atoms with Gasteiger partial charge in [-0.25, -0.2) is 8.42 Å². The Morgan fingerprint density at radius 1 is 1.13 bits per heavy atom. The Labute approximate surface area is 137 Å². The van der Waals surface area contributed by atoms with Gasteiger partial charge in [0.1, 0.15) is 6.04 Å². The molecule has 1 atom stereocenters. The second kappa shape index (κ2) is 7.12. The van der Waals surface area contributed by atoms with E-state index in [-0.39, 0.29) is 35.6 Å². The normalized spacial score (nSPS) is 19.3. The van der Waals surface area contributed by atoms with Gasteiger partial charge >= 0.3 is 0 Å². The lowest BCUT2D eigenvalue weighted by Crippen LogP contribution is -2.59. The van der Waals surface area contributed by atoms with Crippen LogP contribution in [-0.2, 0) is 19.4 Å². The summed E-state index contributed by atoms with van der Waals surface area (Å²) in [5, 5.41) is 0. The number of carbonyl (C=O) groups is 2. The molecule has 0 aromatic heterocycles. The van der Waals surface area contributed by atoms with Crippen LogP contribution in [0.4, 0.5) is 0 Å². The molecular formula is C16H22N2O4S. The number of benzene rings is 1. The lowest BCUT2D eigenvalue weighted by Gasteiger charge is -2.38. The van der Waals surface area contributed by atoms with Gasteiger partial charge in [0.25, 0.3) is 0 Å². The van der Waals surface area contributed by atoms with Crippen LogP contribution < -0.4 is 0 Å². The number of hydrogen-bond acceptors (Lipinski definition) is 4. The van der Waals surface area contributed by atoms with Crippen molar-refractivity contribution in [3.63, 3.8) is 0 Å². The standard InChI is InChI=1S/C16H22N2O4S/c1-3-9-17-12-15(19)18(13(2)16(17)20)10-11-23(21,22)14-7-5-4-6-8-14/h4-8,13H,3,9-12H2,1-2H3/t13-/m1/s1. The Bertz CT molecular complexity index is 673. The molecule has 6 nitrogen and oxygen atoms in total. The van der Waals surface area contributed by atoms with E-state index in [1.165, 1.54) is 21.9 Å². The van der Waals surface area contributed by atoms with Crippen LogP contribution in [0.25, 0.3) is 0 Å². The molecule has 0 bridgehead atoms. The first-order valence-corrected chi connectivity index (χ1v) is 9.38. The lowest BCUT2D eigenvalue weighted by molar-refractivity contribution is -0.154. The van der Waals surface area contributed by atoms with Crippen LogP contribution in [0.5, 0.6) is 0 Å². The van der Waals surface area contributed by atoms with Gasteiger partial charge < -0.3 is 9.80 Å². The second-order valence-electron chi connectivity index (χ2n) is 5.65. The van der Waals surface area contributed by atoms with Gasteiger partial charge in [-0.3, -0.25) is 9.59 Å². The van der Waals surface area contributed by atoms with Crippen LogP contribution in [0.3, 0.4) is 0 Å². The third-order valence-electron chi connectivity index (χ3n) is 3.98. The van der Waals surface area contributed by atoms with Gasteiger partial charge in [-0.05, 0) is 25.5 Å². The van der Waals surface area contributed by atoms with Crippen molar-refractivity contribution >= 4 is 21.7 Å². The Balaban J connectivity index is 2.06. The molecule has 1 aliphatic heterocycles. The summed E-state index contributed by atoms with van der Waals surface area (Å²) in [4.78, 5) is 27.6. The summed E-state index contributed by atoms with van der Waals surface area (Å²) < 4.78 is 24.6. The molecule has 1 aliphatic rings. The van der Waals surface area contributed by atoms with E-state index in [1.54, 1.807) is 25.1 Å². The molecule has 1 saturated heterocycles. The Kier molecular flexibility index (Phi) is 5.41. The highest BCUT2D eigenvalue weighted by Gasteiger charge is 2.36. The molecule has 0 aliphatic carbocycles. The van der Waals surface area contributed by atoms with Crippen LogP contribution >= 0.6 is 0 Å². The first-order chi connectivity index (χ1) is 10.9. The topological polar surface area (TPSA) is 74.8 Å². The molecule has 1 heterocycles. The average molecular weight is 338 g/mol. The van der Waals surface area contributed by atoms with E-state index in [9.17, 15) is 18.0 Å². The summed E-state index contributed by atoms with van der Waals surface area (Å²) >= 11 is 0. The van der Waals surface area contributed by atoms with Crippen molar-refractivity contribution in [3.05, 3.63) is 30.3 Å². The number of rotatable bonds is 6. The molecule has 23 heavy (non-hydrogen) atoms. The Morgan fingerprint density at radius 2 is 1.78 bits per heavy atom. The summed E-state index contributed by atoms with van der Waals surface area (Å²) in [6.45, 7) is 4.20. The predicted octanol–water partition coefficient (Wildman–Crippen LogP) is 0.930. The van der Waals surface area contributed by atoms with E-state index in [4.69, 9.17) is 0 Å². The molecule has 0 radical (unpaired) electrons. The fourth-order valence-corrected chi connectivity index (χ4v) is 3.93. The number of nitrogens with zero attached hydrogens (tertiary/aromatic N) is 2. The molecule has 7 heteroatoms. The number of sulfone groups is 1. The van der Waals surface area contributed by atoms with E-state index < -0.39 is 15.9 Å². The van der Waals surface area contributed by atoms with Crippen molar-refractivity contribution in [2.75, 3.05) is 25.4 Å². The first kappa shape index (κ1) is 17.5. The summed E-state index contributed by atoms with van der Waals surface area (Å²) in [7, 11) is -3.47. The van der Waals surface area contributed by atoms with Crippen LogP contribution in [0, 0.1) is 0 Å². The van der Waals surface area contributed by atoms with Gasteiger partial charge in [0, 0.05) is 13.1 Å². The van der Waals surface area contributed by atoms with Crippen molar-refractivity contribution in [2.24, 2.45) is 0 Å². The van der Waals surface area contributed by atoms with Crippen LogP contribution in [0.1, 0.15) is 20.3 Å². The Hall–Kier alpha value is -1.89. The molecule has 0 saturated carbocycles. The highest BCUT2D eigenvalue weighted by molar-refractivity contribution is 7.91. The van der Waals surface area contributed by atoms with Gasteiger partial charge in [-0.15, -0.1) is 0 Å². The number of hydrogen-bond donors (Lipinski definition) is 0. The molecule has 1 aromatic carbocycles. The van der Waals surface area contributed by atoms with E-state index in [0.29, 0.717) is 6.54 Å². The van der Waals surface area contributed by atoms with Crippen molar-refractivity contribution in [3.8, 4) is 0 Å². The van der Waals surface area contributed by atoms with E-state index >= 15 is 0 Å². The third-order valence-corrected chi connectivity index (χ3v) is 5.69. The van der Waals surface area contributed by atoms with E-state index in [2.05, 4.69) is 0 Å². The van der Waals surface area contributed by atoms with Crippen molar-refractivity contribution in [1.82, 2.24) is 9.80 Å². The van der Waals surface area contributed by atoms with Gasteiger partial charge in [0.05, 0.1) is 17.2 Å². The molecule has 1 fully saturated rings. The fraction of sp³-hybridized carbons (Fsp3) is 0.500. The largest absolute Gasteiger partial charge is 0.332 e. The summed E-state index contributed by atoms with van der Waals surface area (Å²) in [5.41, 5.74) is 0. The highest BCUT2D eigenvalue weighted by Crippen LogP contribution is 2.15. The zero-order chi connectivity index (χ0) is 17.0. The number of piperazine rings is 1. The van der Waals surface area contributed by atoms with Crippen LogP contribution in [0.15, 0.2) is 35.2 Å². The molecule has 2 amide bonds. The molecule has 126 valence electrons. The minimum Gasteiger partial charge on any atom is -0.332 e. The molecule has 0 N–H and O–H groups in total. The average Bonchev–Trinajstić information content (AvgIpc) is 2.53. The second-order valence-corrected chi connectivity index (χ2v) is 7.76. The smallest absolute Gasteiger partial charge is 0.245 e. The van der Waals surface area contributed by atoms with E-state index in [1.807, 2.05) is 6.92 Å². The van der Waals surface area contributed by atoms with E-state index in [0.717, 1.165) is 6.42 Å². The van der Waals surface area contributed by atoms with Crippen LogP contribution in [0.2, 0.25) is 0 Å². The molecular weight excluding hydrogens is 316 g/mol. The zero-order valence-electron chi connectivity index (χ0n) is 13.4. The van der Waals surface area contributed by atoms with Gasteiger partial charge in [0.2, 0.25) is 11.8 Å². The van der Waals surface area contributed by atoms with Crippen molar-refractivity contribution < 1.29 is 18.0 Å². The summed E-state index contributed by atoms with van der Waals surface area (Å²) in [6.07, 6.45) is 0.786. The number of amides is 2. The predicted molar refractivity (Wildman–Crippen MR) is 86.5 cm³/mol. The highest BCUT2D eigenvalue weighted by atomic mass is 32.2. The molecule has 1 aromatic rings. The van der Waals surface area contributed by atoms with Gasteiger partial charge in [-0.2, -0.15) is 0 Å². The first-order valence-electron chi connectivity index (χ1n) is 7.73. The number of carbonyl (C=O) groups excluding carboxylic acids is 2. The zero-order valence-corrected chi connectivity index (χ0v) is 14.3.